The molecule has 5 aliphatic rings. The van der Waals surface area contributed by atoms with Crippen LogP contribution < -0.4 is 5.32 Å². The Morgan fingerprint density at radius 1 is 1.19 bits per heavy atom. The molecule has 0 aromatic carbocycles. The number of aryl methyl sites for hydroxylation is 1. The quantitative estimate of drug-likeness (QED) is 0.771. The summed E-state index contributed by atoms with van der Waals surface area (Å²) in [6.07, 6.45) is 10.8. The van der Waals surface area contributed by atoms with Crippen molar-refractivity contribution in [2.75, 3.05) is 5.75 Å². The number of carbonyl (C=O) groups is 1. The van der Waals surface area contributed by atoms with Crippen LogP contribution in [0.1, 0.15) is 70.2 Å². The van der Waals surface area contributed by atoms with Gasteiger partial charge in [-0.3, -0.25) is 4.79 Å². The Morgan fingerprint density at radius 3 is 2.38 bits per heavy atom. The van der Waals surface area contributed by atoms with Crippen LogP contribution in [0.15, 0.2) is 5.16 Å². The van der Waals surface area contributed by atoms with E-state index in [2.05, 4.69) is 27.0 Å². The van der Waals surface area contributed by atoms with E-state index in [1.807, 2.05) is 6.92 Å². The van der Waals surface area contributed by atoms with Crippen molar-refractivity contribution in [1.29, 1.82) is 0 Å². The minimum atomic E-state index is 0.154. The van der Waals surface area contributed by atoms with E-state index in [0.29, 0.717) is 23.3 Å². The Balaban J connectivity index is 1.20. The molecule has 4 bridgehead atoms. The van der Waals surface area contributed by atoms with Gasteiger partial charge in [-0.05, 0) is 88.4 Å². The Bertz CT molecular complexity index is 675. The van der Waals surface area contributed by atoms with Gasteiger partial charge in [0.05, 0.1) is 5.75 Å². The number of nitrogens with zero attached hydrogens (tertiary/aromatic N) is 3. The Labute approximate surface area is 160 Å². The number of amides is 1. The van der Waals surface area contributed by atoms with E-state index in [9.17, 15) is 4.79 Å². The summed E-state index contributed by atoms with van der Waals surface area (Å²) in [6.45, 7) is 4.26. The van der Waals surface area contributed by atoms with E-state index in [-0.39, 0.29) is 5.91 Å². The molecule has 0 aliphatic heterocycles. The first-order valence-corrected chi connectivity index (χ1v) is 11.3. The molecule has 0 radical (unpaired) electrons. The van der Waals surface area contributed by atoms with Crippen molar-refractivity contribution in [3.8, 4) is 0 Å². The molecule has 1 aromatic rings. The van der Waals surface area contributed by atoms with E-state index < -0.39 is 0 Å². The molecule has 1 aromatic heterocycles. The number of aromatic nitrogens is 3. The molecule has 0 unspecified atom stereocenters. The van der Waals surface area contributed by atoms with Gasteiger partial charge in [0.1, 0.15) is 5.82 Å². The lowest BCUT2D eigenvalue weighted by Crippen LogP contribution is -2.56. The lowest BCUT2D eigenvalue weighted by Gasteiger charge is -2.59. The summed E-state index contributed by atoms with van der Waals surface area (Å²) in [7, 11) is 0. The SMILES string of the molecule is Cc1nnc(SCC(=O)N[C@@H](C)C23CC4CC(CC(C4)C2)C3)n1C1CC1. The lowest BCUT2D eigenvalue weighted by molar-refractivity contribution is -0.123. The fraction of sp³-hybridized carbons (Fsp3) is 0.850. The highest BCUT2D eigenvalue weighted by molar-refractivity contribution is 7.99. The van der Waals surface area contributed by atoms with Crippen LogP contribution in [-0.2, 0) is 4.79 Å². The zero-order chi connectivity index (χ0) is 17.9. The summed E-state index contributed by atoms with van der Waals surface area (Å²) >= 11 is 1.54. The van der Waals surface area contributed by atoms with Gasteiger partial charge in [-0.1, -0.05) is 11.8 Å². The summed E-state index contributed by atoms with van der Waals surface area (Å²) in [5.41, 5.74) is 0.375. The van der Waals surface area contributed by atoms with Crippen LogP contribution in [0, 0.1) is 30.1 Å². The second-order valence-electron chi connectivity index (χ2n) is 9.49. The zero-order valence-electron chi connectivity index (χ0n) is 15.9. The average Bonchev–Trinajstić information content (AvgIpc) is 3.34. The third-order valence-electron chi connectivity index (χ3n) is 7.46. The third kappa shape index (κ3) is 2.98. The number of hydrogen-bond acceptors (Lipinski definition) is 4. The molecule has 1 N–H and O–H groups in total. The summed E-state index contributed by atoms with van der Waals surface area (Å²) in [6, 6.07) is 0.855. The maximum atomic E-state index is 12.6. The van der Waals surface area contributed by atoms with Gasteiger partial charge in [0.15, 0.2) is 5.16 Å². The van der Waals surface area contributed by atoms with Crippen LogP contribution in [0.2, 0.25) is 0 Å². The summed E-state index contributed by atoms with van der Waals surface area (Å²) in [5.74, 6) is 4.35. The maximum absolute atomic E-state index is 12.6. The van der Waals surface area contributed by atoms with Crippen LogP contribution in [0.25, 0.3) is 0 Å². The first kappa shape index (κ1) is 17.1. The molecule has 6 rings (SSSR count). The predicted octanol–water partition coefficient (Wildman–Crippen LogP) is 3.73. The average molecular weight is 375 g/mol. The predicted molar refractivity (Wildman–Crippen MR) is 102 cm³/mol. The van der Waals surface area contributed by atoms with Gasteiger partial charge in [0, 0.05) is 12.1 Å². The van der Waals surface area contributed by atoms with Crippen LogP contribution in [0.5, 0.6) is 0 Å². The first-order valence-electron chi connectivity index (χ1n) is 10.4. The normalized spacial score (nSPS) is 36.3. The fourth-order valence-electron chi connectivity index (χ4n) is 6.48. The van der Waals surface area contributed by atoms with E-state index in [0.717, 1.165) is 28.7 Å². The van der Waals surface area contributed by atoms with Crippen molar-refractivity contribution < 1.29 is 4.79 Å². The molecule has 5 aliphatic carbocycles. The van der Waals surface area contributed by atoms with E-state index in [1.54, 1.807) is 11.8 Å². The molecule has 1 heterocycles. The van der Waals surface area contributed by atoms with Crippen molar-refractivity contribution in [3.05, 3.63) is 5.82 Å². The molecule has 26 heavy (non-hydrogen) atoms. The number of thioether (sulfide) groups is 1. The molecule has 5 nitrogen and oxygen atoms in total. The van der Waals surface area contributed by atoms with Crippen molar-refractivity contribution in [1.82, 2.24) is 20.1 Å². The summed E-state index contributed by atoms with van der Waals surface area (Å²) in [4.78, 5) is 12.6. The third-order valence-corrected chi connectivity index (χ3v) is 8.40. The number of hydrogen-bond donors (Lipinski definition) is 1. The zero-order valence-corrected chi connectivity index (χ0v) is 16.7. The summed E-state index contributed by atoms with van der Waals surface area (Å²) in [5, 5.41) is 12.7. The second kappa shape index (κ2) is 6.25. The van der Waals surface area contributed by atoms with Crippen LogP contribution >= 0.6 is 11.8 Å². The molecule has 5 fully saturated rings. The van der Waals surface area contributed by atoms with Gasteiger partial charge in [-0.25, -0.2) is 0 Å². The molecule has 6 heteroatoms. The van der Waals surface area contributed by atoms with Gasteiger partial charge < -0.3 is 9.88 Å². The highest BCUT2D eigenvalue weighted by Crippen LogP contribution is 2.61. The molecule has 1 atom stereocenters. The number of rotatable bonds is 6. The minimum absolute atomic E-state index is 0.154. The minimum Gasteiger partial charge on any atom is -0.352 e. The van der Waals surface area contributed by atoms with E-state index >= 15 is 0 Å². The van der Waals surface area contributed by atoms with E-state index in [4.69, 9.17) is 0 Å². The van der Waals surface area contributed by atoms with Crippen LogP contribution in [0.4, 0.5) is 0 Å². The second-order valence-corrected chi connectivity index (χ2v) is 10.4. The van der Waals surface area contributed by atoms with E-state index in [1.165, 1.54) is 51.4 Å². The van der Waals surface area contributed by atoms with Gasteiger partial charge in [0.2, 0.25) is 5.91 Å². The fourth-order valence-corrected chi connectivity index (χ4v) is 7.34. The van der Waals surface area contributed by atoms with Crippen molar-refractivity contribution in [2.45, 2.75) is 82.5 Å². The standard InChI is InChI=1S/C20H30N4OS/c1-12(20-8-14-5-15(9-20)7-16(6-14)10-20)21-18(25)11-26-19-23-22-13(2)24(19)17-3-4-17/h12,14-17H,3-11H2,1-2H3,(H,21,25)/t12-,14?,15?,16?,20?/m0/s1. The largest absolute Gasteiger partial charge is 0.352 e. The van der Waals surface area contributed by atoms with Crippen molar-refractivity contribution in [2.24, 2.45) is 23.2 Å². The molecule has 0 spiro atoms. The Kier molecular flexibility index (Phi) is 4.11. The van der Waals surface area contributed by atoms with Gasteiger partial charge >= 0.3 is 0 Å². The topological polar surface area (TPSA) is 59.8 Å². The summed E-state index contributed by atoms with van der Waals surface area (Å²) < 4.78 is 2.21. The number of carbonyl (C=O) groups excluding carboxylic acids is 1. The Hall–Kier alpha value is -1.04. The highest BCUT2D eigenvalue weighted by atomic mass is 32.2. The maximum Gasteiger partial charge on any atom is 0.230 e. The van der Waals surface area contributed by atoms with Crippen LogP contribution in [-0.4, -0.2) is 32.5 Å². The van der Waals surface area contributed by atoms with Crippen molar-refractivity contribution in [3.63, 3.8) is 0 Å². The molecule has 1 amide bonds. The molecular formula is C20H30N4OS. The smallest absolute Gasteiger partial charge is 0.230 e. The molecular weight excluding hydrogens is 344 g/mol. The highest BCUT2D eigenvalue weighted by Gasteiger charge is 2.53. The molecule has 142 valence electrons. The first-order chi connectivity index (χ1) is 12.5. The van der Waals surface area contributed by atoms with Gasteiger partial charge in [-0.15, -0.1) is 10.2 Å². The van der Waals surface area contributed by atoms with Gasteiger partial charge in [0.25, 0.3) is 0 Å². The monoisotopic (exact) mass is 374 g/mol. The lowest BCUT2D eigenvalue weighted by atomic mass is 9.48. The van der Waals surface area contributed by atoms with Crippen molar-refractivity contribution >= 4 is 17.7 Å². The number of nitrogens with one attached hydrogen (secondary N) is 1. The van der Waals surface area contributed by atoms with Crippen LogP contribution in [0.3, 0.4) is 0 Å². The molecule has 5 saturated carbocycles. The molecule has 0 saturated heterocycles. The Morgan fingerprint density at radius 2 is 1.81 bits per heavy atom. The van der Waals surface area contributed by atoms with Gasteiger partial charge in [-0.2, -0.15) is 0 Å².